The number of benzene rings is 2. The van der Waals surface area contributed by atoms with Gasteiger partial charge in [-0.05, 0) is 22.8 Å². The van der Waals surface area contributed by atoms with E-state index >= 15 is 0 Å². The second-order valence-corrected chi connectivity index (χ2v) is 4.13. The van der Waals surface area contributed by atoms with E-state index in [1.54, 1.807) is 6.08 Å². The Labute approximate surface area is 101 Å². The summed E-state index contributed by atoms with van der Waals surface area (Å²) in [6, 6.07) is 14.3. The summed E-state index contributed by atoms with van der Waals surface area (Å²) in [6.45, 7) is 3.64. The highest BCUT2D eigenvalue weighted by atomic mass is 16.1. The fourth-order valence-electron chi connectivity index (χ4n) is 1.92. The van der Waals surface area contributed by atoms with Crippen molar-refractivity contribution < 1.29 is 4.79 Å². The average Bonchev–Trinajstić information content (AvgIpc) is 2.35. The number of carbonyl (C=O) groups excluding carboxylic acids is 1. The maximum absolute atomic E-state index is 11.1. The molecule has 2 aromatic rings. The fraction of sp³-hybridized carbons (Fsp3) is 0.133. The molecule has 2 rings (SSSR count). The lowest BCUT2D eigenvalue weighted by molar-refractivity contribution is -0.120. The third kappa shape index (κ3) is 2.53. The van der Waals surface area contributed by atoms with Gasteiger partial charge in [-0.1, -0.05) is 48.5 Å². The Morgan fingerprint density at radius 2 is 1.94 bits per heavy atom. The number of fused-ring (bicyclic) bond motifs is 1. The van der Waals surface area contributed by atoms with Gasteiger partial charge >= 0.3 is 0 Å². The molecule has 2 aromatic carbocycles. The van der Waals surface area contributed by atoms with Crippen LogP contribution in [0.25, 0.3) is 10.8 Å². The largest absolute Gasteiger partial charge is 0.369 e. The second kappa shape index (κ2) is 4.83. The number of amides is 1. The van der Waals surface area contributed by atoms with E-state index in [0.717, 1.165) is 5.56 Å². The molecule has 1 atom stereocenters. The SMILES string of the molecule is C=C[C@H](Cc1ccc2ccccc2c1)C(N)=O. The van der Waals surface area contributed by atoms with E-state index in [4.69, 9.17) is 5.73 Å². The van der Waals surface area contributed by atoms with Gasteiger partial charge in [0.1, 0.15) is 0 Å². The van der Waals surface area contributed by atoms with Crippen molar-refractivity contribution in [3.63, 3.8) is 0 Å². The van der Waals surface area contributed by atoms with E-state index < -0.39 is 0 Å². The van der Waals surface area contributed by atoms with Gasteiger partial charge in [-0.3, -0.25) is 4.79 Å². The van der Waals surface area contributed by atoms with Crippen LogP contribution in [0.5, 0.6) is 0 Å². The first-order valence-corrected chi connectivity index (χ1v) is 5.60. The minimum atomic E-state index is -0.326. The second-order valence-electron chi connectivity index (χ2n) is 4.13. The van der Waals surface area contributed by atoms with Crippen molar-refractivity contribution in [2.75, 3.05) is 0 Å². The summed E-state index contributed by atoms with van der Waals surface area (Å²) in [5.41, 5.74) is 6.40. The van der Waals surface area contributed by atoms with Gasteiger partial charge in [0.2, 0.25) is 5.91 Å². The van der Waals surface area contributed by atoms with Crippen LogP contribution in [0.3, 0.4) is 0 Å². The van der Waals surface area contributed by atoms with Gasteiger partial charge in [0, 0.05) is 0 Å². The molecular formula is C15H15NO. The van der Waals surface area contributed by atoms with Crippen LogP contribution in [0.2, 0.25) is 0 Å². The van der Waals surface area contributed by atoms with Crippen molar-refractivity contribution in [3.05, 3.63) is 60.7 Å². The number of primary amides is 1. The molecule has 0 saturated carbocycles. The van der Waals surface area contributed by atoms with Crippen molar-refractivity contribution in [3.8, 4) is 0 Å². The lowest BCUT2D eigenvalue weighted by atomic mass is 9.97. The van der Waals surface area contributed by atoms with E-state index in [9.17, 15) is 4.79 Å². The van der Waals surface area contributed by atoms with E-state index in [1.807, 2.05) is 18.2 Å². The number of rotatable bonds is 4. The molecule has 0 aliphatic heterocycles. The molecule has 0 aliphatic rings. The van der Waals surface area contributed by atoms with Crippen molar-refractivity contribution in [2.45, 2.75) is 6.42 Å². The van der Waals surface area contributed by atoms with Crippen LogP contribution in [0.1, 0.15) is 5.56 Å². The lowest BCUT2D eigenvalue weighted by Gasteiger charge is -2.09. The topological polar surface area (TPSA) is 43.1 Å². The molecule has 0 saturated heterocycles. The quantitative estimate of drug-likeness (QED) is 0.799. The van der Waals surface area contributed by atoms with Gasteiger partial charge in [-0.2, -0.15) is 0 Å². The summed E-state index contributed by atoms with van der Waals surface area (Å²) in [5.74, 6) is -0.621. The average molecular weight is 225 g/mol. The number of hydrogen-bond donors (Lipinski definition) is 1. The van der Waals surface area contributed by atoms with Crippen LogP contribution in [0.4, 0.5) is 0 Å². The van der Waals surface area contributed by atoms with Crippen LogP contribution < -0.4 is 5.73 Å². The molecule has 17 heavy (non-hydrogen) atoms. The molecule has 0 radical (unpaired) electrons. The van der Waals surface area contributed by atoms with Gasteiger partial charge in [0.05, 0.1) is 5.92 Å². The monoisotopic (exact) mass is 225 g/mol. The third-order valence-electron chi connectivity index (χ3n) is 2.92. The molecule has 2 N–H and O–H groups in total. The van der Waals surface area contributed by atoms with E-state index in [1.165, 1.54) is 10.8 Å². The van der Waals surface area contributed by atoms with Gasteiger partial charge in [-0.15, -0.1) is 6.58 Å². The Hall–Kier alpha value is -2.09. The third-order valence-corrected chi connectivity index (χ3v) is 2.92. The molecule has 0 bridgehead atoms. The van der Waals surface area contributed by atoms with Crippen molar-refractivity contribution >= 4 is 16.7 Å². The molecule has 0 unspecified atom stereocenters. The number of carbonyl (C=O) groups is 1. The summed E-state index contributed by atoms with van der Waals surface area (Å²) in [7, 11) is 0. The maximum Gasteiger partial charge on any atom is 0.224 e. The van der Waals surface area contributed by atoms with E-state index in [2.05, 4.69) is 30.8 Å². The zero-order valence-corrected chi connectivity index (χ0v) is 9.60. The van der Waals surface area contributed by atoms with Crippen molar-refractivity contribution in [1.82, 2.24) is 0 Å². The van der Waals surface area contributed by atoms with Crippen molar-refractivity contribution in [1.29, 1.82) is 0 Å². The molecule has 2 heteroatoms. The molecule has 2 nitrogen and oxygen atoms in total. The van der Waals surface area contributed by atoms with Gasteiger partial charge in [-0.25, -0.2) is 0 Å². The molecule has 0 fully saturated rings. The van der Waals surface area contributed by atoms with Gasteiger partial charge < -0.3 is 5.73 Å². The molecule has 0 aliphatic carbocycles. The first-order chi connectivity index (χ1) is 8.20. The summed E-state index contributed by atoms with van der Waals surface area (Å²) in [5, 5.41) is 2.38. The minimum absolute atomic E-state index is 0.295. The summed E-state index contributed by atoms with van der Waals surface area (Å²) in [4.78, 5) is 11.1. The van der Waals surface area contributed by atoms with Crippen LogP contribution in [-0.4, -0.2) is 5.91 Å². The first kappa shape index (κ1) is 11.4. The normalized spacial score (nSPS) is 12.2. The molecule has 0 spiro atoms. The molecule has 1 amide bonds. The molecular weight excluding hydrogens is 210 g/mol. The zero-order chi connectivity index (χ0) is 12.3. The number of nitrogens with two attached hydrogens (primary N) is 1. The van der Waals surface area contributed by atoms with Crippen LogP contribution in [-0.2, 0) is 11.2 Å². The van der Waals surface area contributed by atoms with Gasteiger partial charge in [0.15, 0.2) is 0 Å². The fourth-order valence-corrected chi connectivity index (χ4v) is 1.92. The molecule has 0 heterocycles. The Balaban J connectivity index is 2.30. The highest BCUT2D eigenvalue weighted by Crippen LogP contribution is 2.18. The standard InChI is InChI=1S/C15H15NO/c1-2-12(15(16)17)9-11-7-8-13-5-3-4-6-14(13)10-11/h2-8,10,12H,1,9H2,(H2,16,17)/t12-/m1/s1. The van der Waals surface area contributed by atoms with Crippen LogP contribution in [0, 0.1) is 5.92 Å². The molecule has 86 valence electrons. The Morgan fingerprint density at radius 1 is 1.24 bits per heavy atom. The highest BCUT2D eigenvalue weighted by molar-refractivity contribution is 5.83. The number of hydrogen-bond acceptors (Lipinski definition) is 1. The predicted molar refractivity (Wildman–Crippen MR) is 70.5 cm³/mol. The zero-order valence-electron chi connectivity index (χ0n) is 9.60. The van der Waals surface area contributed by atoms with E-state index in [-0.39, 0.29) is 11.8 Å². The van der Waals surface area contributed by atoms with E-state index in [0.29, 0.717) is 6.42 Å². The minimum Gasteiger partial charge on any atom is -0.369 e. The summed E-state index contributed by atoms with van der Waals surface area (Å²) < 4.78 is 0. The summed E-state index contributed by atoms with van der Waals surface area (Å²) >= 11 is 0. The first-order valence-electron chi connectivity index (χ1n) is 5.60. The Kier molecular flexibility index (Phi) is 3.24. The van der Waals surface area contributed by atoms with Crippen molar-refractivity contribution in [2.24, 2.45) is 11.7 Å². The smallest absolute Gasteiger partial charge is 0.224 e. The Bertz CT molecular complexity index is 560. The molecule has 0 aromatic heterocycles. The predicted octanol–water partition coefficient (Wildman–Crippen LogP) is 2.67. The highest BCUT2D eigenvalue weighted by Gasteiger charge is 2.11. The maximum atomic E-state index is 11.1. The van der Waals surface area contributed by atoms with Gasteiger partial charge in [0.25, 0.3) is 0 Å². The van der Waals surface area contributed by atoms with Crippen LogP contribution in [0.15, 0.2) is 55.1 Å². The van der Waals surface area contributed by atoms with Crippen LogP contribution >= 0.6 is 0 Å². The summed E-state index contributed by atoms with van der Waals surface area (Å²) in [6.07, 6.45) is 2.22. The Morgan fingerprint density at radius 3 is 2.59 bits per heavy atom. The lowest BCUT2D eigenvalue weighted by Crippen LogP contribution is -2.23.